The lowest BCUT2D eigenvalue weighted by atomic mass is 9.45. The molecule has 0 radical (unpaired) electrons. The lowest BCUT2D eigenvalue weighted by molar-refractivity contribution is -0.138. The average Bonchev–Trinajstić information content (AvgIpc) is 2.76. The van der Waals surface area contributed by atoms with Gasteiger partial charge in [0, 0.05) is 17.4 Å². The zero-order chi connectivity index (χ0) is 25.5. The molecule has 5 rings (SSSR count). The van der Waals surface area contributed by atoms with E-state index in [4.69, 9.17) is 0 Å². The maximum Gasteiger partial charge on any atom is 0.196 e. The largest absolute Gasteiger partial charge is 0.511 e. The molecular weight excluding hydrogens is 444 g/mol. The van der Waals surface area contributed by atoms with Crippen LogP contribution in [0.1, 0.15) is 100 Å². The van der Waals surface area contributed by atoms with E-state index in [0.717, 1.165) is 36.8 Å². The van der Waals surface area contributed by atoms with Crippen LogP contribution in [0.25, 0.3) is 0 Å². The van der Waals surface area contributed by atoms with Crippen molar-refractivity contribution in [3.05, 3.63) is 51.5 Å². The third kappa shape index (κ3) is 3.04. The van der Waals surface area contributed by atoms with Crippen molar-refractivity contribution in [1.82, 2.24) is 0 Å². The number of phenols is 1. The molecule has 0 bridgehead atoms. The summed E-state index contributed by atoms with van der Waals surface area (Å²) in [5.74, 6) is -2.03. The van der Waals surface area contributed by atoms with E-state index >= 15 is 0 Å². The van der Waals surface area contributed by atoms with Gasteiger partial charge in [0.1, 0.15) is 17.3 Å². The van der Waals surface area contributed by atoms with Crippen LogP contribution in [0.4, 0.5) is 0 Å². The van der Waals surface area contributed by atoms with Crippen LogP contribution in [-0.4, -0.2) is 32.7 Å². The predicted octanol–water partition coefficient (Wildman–Crippen LogP) is 5.79. The highest BCUT2D eigenvalue weighted by Gasteiger charge is 2.65. The highest BCUT2D eigenvalue weighted by molar-refractivity contribution is 6.24. The van der Waals surface area contributed by atoms with E-state index < -0.39 is 33.6 Å². The molecule has 0 spiro atoms. The van der Waals surface area contributed by atoms with Crippen LogP contribution in [-0.2, 0) is 16.0 Å². The van der Waals surface area contributed by atoms with Gasteiger partial charge in [0.25, 0.3) is 0 Å². The van der Waals surface area contributed by atoms with Gasteiger partial charge in [-0.1, -0.05) is 45.2 Å². The fourth-order valence-electron chi connectivity index (χ4n) is 7.64. The summed E-state index contributed by atoms with van der Waals surface area (Å²) in [4.78, 5) is 39.8. The number of aliphatic hydroxyl groups excluding tert-OH is 2. The van der Waals surface area contributed by atoms with Crippen molar-refractivity contribution in [3.8, 4) is 5.75 Å². The number of ketones is 3. The number of Topliss-reactive ketones (excluding diaryl/α,β-unsaturated/α-hetero) is 3. The molecule has 186 valence electrons. The normalized spacial score (nSPS) is 33.4. The third-order valence-electron chi connectivity index (χ3n) is 9.56. The summed E-state index contributed by atoms with van der Waals surface area (Å²) in [5.41, 5.74) is -1.60. The van der Waals surface area contributed by atoms with Gasteiger partial charge >= 0.3 is 0 Å². The standard InChI is InChI=1S/C29H34O6/c1-15(30)20-19(31)13-28(3)14-27(2)12-17-10-11-18(16-8-6-5-7-9-16)23(32)21(17)24(33)22(27)26(35)29(28,4)25(20)34/h10-11,16,31-32,35H,5-9,12-14H2,1-4H3/t27-,28+,29-/m1/s1. The van der Waals surface area contributed by atoms with Gasteiger partial charge in [0.15, 0.2) is 17.3 Å². The van der Waals surface area contributed by atoms with Gasteiger partial charge < -0.3 is 15.3 Å². The van der Waals surface area contributed by atoms with Crippen LogP contribution >= 0.6 is 0 Å². The summed E-state index contributed by atoms with van der Waals surface area (Å²) in [7, 11) is 0. The number of allylic oxidation sites excluding steroid dienone is 4. The van der Waals surface area contributed by atoms with Crippen LogP contribution < -0.4 is 0 Å². The smallest absolute Gasteiger partial charge is 0.196 e. The number of fused-ring (bicyclic) bond motifs is 3. The minimum Gasteiger partial charge on any atom is -0.511 e. The van der Waals surface area contributed by atoms with Crippen LogP contribution in [0.3, 0.4) is 0 Å². The maximum absolute atomic E-state index is 14.0. The number of aromatic hydroxyl groups is 1. The molecule has 35 heavy (non-hydrogen) atoms. The first-order valence-corrected chi connectivity index (χ1v) is 12.7. The molecule has 6 heteroatoms. The van der Waals surface area contributed by atoms with Crippen LogP contribution in [0.15, 0.2) is 34.8 Å². The number of carbonyl (C=O) groups excluding carboxylic acids is 3. The fourth-order valence-corrected chi connectivity index (χ4v) is 7.64. The van der Waals surface area contributed by atoms with E-state index in [-0.39, 0.29) is 46.3 Å². The molecule has 6 nitrogen and oxygen atoms in total. The molecule has 0 amide bonds. The van der Waals surface area contributed by atoms with E-state index in [9.17, 15) is 29.7 Å². The summed E-state index contributed by atoms with van der Waals surface area (Å²) in [6.45, 7) is 6.54. The second kappa shape index (κ2) is 7.55. The predicted molar refractivity (Wildman–Crippen MR) is 131 cm³/mol. The number of carbonyl (C=O) groups is 3. The first kappa shape index (κ1) is 23.8. The highest BCUT2D eigenvalue weighted by atomic mass is 16.3. The molecule has 1 aromatic rings. The summed E-state index contributed by atoms with van der Waals surface area (Å²) in [6.07, 6.45) is 6.17. The quantitative estimate of drug-likeness (QED) is 0.464. The van der Waals surface area contributed by atoms with Crippen molar-refractivity contribution in [2.75, 3.05) is 0 Å². The summed E-state index contributed by atoms with van der Waals surface area (Å²) in [5, 5.41) is 33.6. The van der Waals surface area contributed by atoms with E-state index in [1.807, 2.05) is 26.0 Å². The molecule has 1 aromatic carbocycles. The first-order valence-electron chi connectivity index (χ1n) is 12.7. The van der Waals surface area contributed by atoms with Gasteiger partial charge in [-0.05, 0) is 62.0 Å². The van der Waals surface area contributed by atoms with E-state index in [0.29, 0.717) is 12.8 Å². The first-order chi connectivity index (χ1) is 16.4. The van der Waals surface area contributed by atoms with Gasteiger partial charge in [-0.25, -0.2) is 0 Å². The molecule has 0 heterocycles. The lowest BCUT2D eigenvalue weighted by Gasteiger charge is -2.57. The molecule has 0 unspecified atom stereocenters. The SMILES string of the molecule is CC(=O)C1=C(O)C[C@@]2(C)C[C@@]3(C)Cc4ccc(C5CCCCC5)c(O)c4C(=O)C3=C(O)[C@@]2(C)C1=O. The molecule has 4 aliphatic rings. The lowest BCUT2D eigenvalue weighted by Crippen LogP contribution is -2.57. The Kier molecular flexibility index (Phi) is 5.14. The second-order valence-corrected chi connectivity index (χ2v) is 11.9. The molecule has 1 fully saturated rings. The van der Waals surface area contributed by atoms with Crippen LogP contribution in [0, 0.1) is 16.2 Å². The van der Waals surface area contributed by atoms with E-state index in [1.54, 1.807) is 6.92 Å². The van der Waals surface area contributed by atoms with Crippen molar-refractivity contribution in [3.63, 3.8) is 0 Å². The Morgan fingerprint density at radius 2 is 1.63 bits per heavy atom. The van der Waals surface area contributed by atoms with Gasteiger partial charge in [0.2, 0.25) is 0 Å². The topological polar surface area (TPSA) is 112 Å². The van der Waals surface area contributed by atoms with Crippen molar-refractivity contribution in [2.24, 2.45) is 16.2 Å². The number of hydrogen-bond donors (Lipinski definition) is 3. The Balaban J connectivity index is 1.69. The number of benzene rings is 1. The Morgan fingerprint density at radius 1 is 0.971 bits per heavy atom. The van der Waals surface area contributed by atoms with E-state index in [1.165, 1.54) is 13.3 Å². The van der Waals surface area contributed by atoms with Crippen molar-refractivity contribution in [2.45, 2.75) is 85.0 Å². The zero-order valence-corrected chi connectivity index (χ0v) is 21.0. The zero-order valence-electron chi connectivity index (χ0n) is 21.0. The monoisotopic (exact) mass is 478 g/mol. The number of phenolic OH excluding ortho intramolecular Hbond substituents is 1. The summed E-state index contributed by atoms with van der Waals surface area (Å²) in [6, 6.07) is 3.88. The Bertz CT molecular complexity index is 1250. The average molecular weight is 479 g/mol. The minimum atomic E-state index is -1.53. The number of rotatable bonds is 2. The number of hydrogen-bond acceptors (Lipinski definition) is 6. The van der Waals surface area contributed by atoms with Gasteiger partial charge in [0.05, 0.1) is 16.6 Å². The van der Waals surface area contributed by atoms with Crippen molar-refractivity contribution < 1.29 is 29.7 Å². The van der Waals surface area contributed by atoms with Crippen LogP contribution in [0.2, 0.25) is 0 Å². The summed E-state index contributed by atoms with van der Waals surface area (Å²) < 4.78 is 0. The van der Waals surface area contributed by atoms with Gasteiger partial charge in [-0.15, -0.1) is 0 Å². The highest BCUT2D eigenvalue weighted by Crippen LogP contribution is 2.65. The Morgan fingerprint density at radius 3 is 2.26 bits per heavy atom. The molecule has 4 aliphatic carbocycles. The molecule has 3 N–H and O–H groups in total. The van der Waals surface area contributed by atoms with Crippen molar-refractivity contribution in [1.29, 1.82) is 0 Å². The second-order valence-electron chi connectivity index (χ2n) is 11.9. The van der Waals surface area contributed by atoms with Crippen molar-refractivity contribution >= 4 is 17.3 Å². The third-order valence-corrected chi connectivity index (χ3v) is 9.56. The van der Waals surface area contributed by atoms with Gasteiger partial charge in [-0.2, -0.15) is 0 Å². The molecule has 0 saturated heterocycles. The molecule has 1 saturated carbocycles. The Hall–Kier alpha value is -2.89. The molecule has 0 aliphatic heterocycles. The van der Waals surface area contributed by atoms with Gasteiger partial charge in [-0.3, -0.25) is 14.4 Å². The van der Waals surface area contributed by atoms with E-state index in [2.05, 4.69) is 0 Å². The summed E-state index contributed by atoms with van der Waals surface area (Å²) >= 11 is 0. The molecular formula is C29H34O6. The Labute approximate surface area is 205 Å². The number of aliphatic hydroxyl groups is 2. The maximum atomic E-state index is 14.0. The minimum absolute atomic E-state index is 0.00262. The van der Waals surface area contributed by atoms with Crippen LogP contribution in [0.5, 0.6) is 5.75 Å². The fraction of sp³-hybridized carbons (Fsp3) is 0.552. The molecule has 3 atom stereocenters. The molecule has 0 aromatic heterocycles.